The second kappa shape index (κ2) is 5.98. The van der Waals surface area contributed by atoms with Gasteiger partial charge >= 0.3 is 0 Å². The summed E-state index contributed by atoms with van der Waals surface area (Å²) >= 11 is 1.82. The number of aryl methyl sites for hydroxylation is 1. The summed E-state index contributed by atoms with van der Waals surface area (Å²) < 4.78 is 0. The van der Waals surface area contributed by atoms with Gasteiger partial charge in [-0.2, -0.15) is 0 Å². The molecule has 0 atom stereocenters. The third-order valence-corrected chi connectivity index (χ3v) is 4.26. The van der Waals surface area contributed by atoms with E-state index in [1.807, 2.05) is 11.8 Å². The van der Waals surface area contributed by atoms with Gasteiger partial charge in [0.25, 0.3) is 0 Å². The van der Waals surface area contributed by atoms with E-state index in [1.54, 1.807) is 0 Å². The Morgan fingerprint density at radius 2 is 1.35 bits per heavy atom. The van der Waals surface area contributed by atoms with Crippen LogP contribution in [0.3, 0.4) is 0 Å². The molecule has 0 aliphatic carbocycles. The van der Waals surface area contributed by atoms with Crippen molar-refractivity contribution in [1.82, 2.24) is 0 Å². The van der Waals surface area contributed by atoms with E-state index in [4.69, 9.17) is 0 Å². The lowest BCUT2D eigenvalue weighted by molar-refractivity contribution is 1.34. The molecule has 3 aromatic carbocycles. The standard InChI is InChI=1S/C19H16S/c1-15-12-13-18(16-8-4-2-5-9-16)19(14-15)20-17-10-6-3-7-11-17/h2-14H,1H3. The van der Waals surface area contributed by atoms with E-state index >= 15 is 0 Å². The van der Waals surface area contributed by atoms with Crippen LogP contribution in [0.1, 0.15) is 5.56 Å². The predicted molar refractivity (Wildman–Crippen MR) is 87.2 cm³/mol. The van der Waals surface area contributed by atoms with Gasteiger partial charge in [-0.3, -0.25) is 0 Å². The highest BCUT2D eigenvalue weighted by Gasteiger charge is 2.06. The van der Waals surface area contributed by atoms with Crippen LogP contribution in [-0.2, 0) is 0 Å². The van der Waals surface area contributed by atoms with Gasteiger partial charge in [-0.25, -0.2) is 0 Å². The van der Waals surface area contributed by atoms with Crippen LogP contribution >= 0.6 is 11.8 Å². The maximum Gasteiger partial charge on any atom is 0.0203 e. The minimum atomic E-state index is 1.27. The van der Waals surface area contributed by atoms with E-state index in [0.717, 1.165) is 0 Å². The Kier molecular flexibility index (Phi) is 3.89. The molecule has 20 heavy (non-hydrogen) atoms. The third-order valence-electron chi connectivity index (χ3n) is 3.19. The first-order valence-electron chi connectivity index (χ1n) is 6.72. The summed E-state index contributed by atoms with van der Waals surface area (Å²) in [6, 6.07) is 27.8. The van der Waals surface area contributed by atoms with Gasteiger partial charge in [-0.05, 0) is 41.8 Å². The summed E-state index contributed by atoms with van der Waals surface area (Å²) in [5.74, 6) is 0. The van der Waals surface area contributed by atoms with E-state index in [2.05, 4.69) is 85.8 Å². The molecule has 0 saturated heterocycles. The summed E-state index contributed by atoms with van der Waals surface area (Å²) in [4.78, 5) is 2.58. The quantitative estimate of drug-likeness (QED) is 0.581. The van der Waals surface area contributed by atoms with Crippen LogP contribution in [0, 0.1) is 6.92 Å². The molecule has 0 spiro atoms. The highest BCUT2D eigenvalue weighted by Crippen LogP contribution is 2.36. The zero-order valence-corrected chi connectivity index (χ0v) is 12.2. The maximum atomic E-state index is 2.26. The van der Waals surface area contributed by atoms with Crippen molar-refractivity contribution >= 4 is 11.8 Å². The van der Waals surface area contributed by atoms with Crippen molar-refractivity contribution < 1.29 is 0 Å². The Bertz CT molecular complexity index is 687. The Balaban J connectivity index is 2.03. The van der Waals surface area contributed by atoms with Crippen molar-refractivity contribution in [3.8, 4) is 11.1 Å². The Labute approximate surface area is 124 Å². The number of benzene rings is 3. The van der Waals surface area contributed by atoms with Crippen LogP contribution in [0.5, 0.6) is 0 Å². The molecule has 0 heterocycles. The first kappa shape index (κ1) is 13.0. The van der Waals surface area contributed by atoms with Crippen LogP contribution in [0.2, 0.25) is 0 Å². The highest BCUT2D eigenvalue weighted by atomic mass is 32.2. The van der Waals surface area contributed by atoms with Crippen molar-refractivity contribution in [2.45, 2.75) is 16.7 Å². The van der Waals surface area contributed by atoms with E-state index in [1.165, 1.54) is 26.5 Å². The first-order valence-corrected chi connectivity index (χ1v) is 7.53. The second-order valence-corrected chi connectivity index (χ2v) is 5.90. The lowest BCUT2D eigenvalue weighted by Crippen LogP contribution is -1.84. The van der Waals surface area contributed by atoms with Crippen LogP contribution in [0.4, 0.5) is 0 Å². The van der Waals surface area contributed by atoms with Crippen LogP contribution < -0.4 is 0 Å². The highest BCUT2D eigenvalue weighted by molar-refractivity contribution is 7.99. The molecule has 0 N–H and O–H groups in total. The lowest BCUT2D eigenvalue weighted by Gasteiger charge is -2.10. The summed E-state index contributed by atoms with van der Waals surface area (Å²) in [5.41, 5.74) is 3.86. The van der Waals surface area contributed by atoms with Gasteiger partial charge in [-0.15, -0.1) is 0 Å². The molecule has 1 heteroatoms. The maximum absolute atomic E-state index is 2.26. The molecule has 0 amide bonds. The third kappa shape index (κ3) is 2.94. The van der Waals surface area contributed by atoms with Gasteiger partial charge in [-0.1, -0.05) is 72.4 Å². The fourth-order valence-corrected chi connectivity index (χ4v) is 3.27. The van der Waals surface area contributed by atoms with Gasteiger partial charge in [0.05, 0.1) is 0 Å². The summed E-state index contributed by atoms with van der Waals surface area (Å²) in [5, 5.41) is 0. The fourth-order valence-electron chi connectivity index (χ4n) is 2.19. The van der Waals surface area contributed by atoms with Crippen molar-refractivity contribution in [2.24, 2.45) is 0 Å². The molecule has 3 rings (SSSR count). The molecule has 0 radical (unpaired) electrons. The molecule has 0 aromatic heterocycles. The molecule has 0 bridgehead atoms. The van der Waals surface area contributed by atoms with Crippen molar-refractivity contribution in [1.29, 1.82) is 0 Å². The molecule has 0 nitrogen and oxygen atoms in total. The molecule has 0 fully saturated rings. The smallest absolute Gasteiger partial charge is 0.0203 e. The van der Waals surface area contributed by atoms with Gasteiger partial charge in [0, 0.05) is 9.79 Å². The summed E-state index contributed by atoms with van der Waals surface area (Å²) in [6.07, 6.45) is 0. The normalized spacial score (nSPS) is 10.4. The predicted octanol–water partition coefficient (Wildman–Crippen LogP) is 5.81. The number of rotatable bonds is 3. The van der Waals surface area contributed by atoms with E-state index < -0.39 is 0 Å². The van der Waals surface area contributed by atoms with Crippen molar-refractivity contribution in [2.75, 3.05) is 0 Å². The molecular weight excluding hydrogens is 260 g/mol. The zero-order chi connectivity index (χ0) is 13.8. The van der Waals surface area contributed by atoms with E-state index in [9.17, 15) is 0 Å². The van der Waals surface area contributed by atoms with Gasteiger partial charge in [0.15, 0.2) is 0 Å². The number of hydrogen-bond donors (Lipinski definition) is 0. The first-order chi connectivity index (χ1) is 9.83. The molecule has 0 aliphatic heterocycles. The largest absolute Gasteiger partial charge is 0.0894 e. The van der Waals surface area contributed by atoms with Crippen molar-refractivity contribution in [3.05, 3.63) is 84.4 Å². The minimum Gasteiger partial charge on any atom is -0.0894 e. The topological polar surface area (TPSA) is 0 Å². The molecule has 0 aliphatic rings. The fraction of sp³-hybridized carbons (Fsp3) is 0.0526. The molecule has 3 aromatic rings. The van der Waals surface area contributed by atoms with Crippen LogP contribution in [-0.4, -0.2) is 0 Å². The average molecular weight is 276 g/mol. The minimum absolute atomic E-state index is 1.27. The number of hydrogen-bond acceptors (Lipinski definition) is 1. The molecule has 0 saturated carbocycles. The SMILES string of the molecule is Cc1ccc(-c2ccccc2)c(Sc2ccccc2)c1. The molecule has 0 unspecified atom stereocenters. The molecule has 98 valence electrons. The Hall–Kier alpha value is -1.99. The van der Waals surface area contributed by atoms with Gasteiger partial charge in [0.1, 0.15) is 0 Å². The second-order valence-electron chi connectivity index (χ2n) is 4.78. The monoisotopic (exact) mass is 276 g/mol. The Morgan fingerprint density at radius 1 is 0.700 bits per heavy atom. The van der Waals surface area contributed by atoms with E-state index in [0.29, 0.717) is 0 Å². The van der Waals surface area contributed by atoms with Crippen LogP contribution in [0.15, 0.2) is 88.7 Å². The summed E-state index contributed by atoms with van der Waals surface area (Å²) in [7, 11) is 0. The molecular formula is C19H16S. The van der Waals surface area contributed by atoms with Gasteiger partial charge < -0.3 is 0 Å². The summed E-state index contributed by atoms with van der Waals surface area (Å²) in [6.45, 7) is 2.14. The van der Waals surface area contributed by atoms with Crippen molar-refractivity contribution in [3.63, 3.8) is 0 Å². The van der Waals surface area contributed by atoms with Gasteiger partial charge in [0.2, 0.25) is 0 Å². The average Bonchev–Trinajstić information content (AvgIpc) is 2.49. The lowest BCUT2D eigenvalue weighted by atomic mass is 10.0. The Morgan fingerprint density at radius 3 is 2.05 bits per heavy atom. The van der Waals surface area contributed by atoms with Crippen LogP contribution in [0.25, 0.3) is 11.1 Å². The zero-order valence-electron chi connectivity index (χ0n) is 11.4. The van der Waals surface area contributed by atoms with E-state index in [-0.39, 0.29) is 0 Å².